The second-order valence-corrected chi connectivity index (χ2v) is 8.47. The van der Waals surface area contributed by atoms with E-state index < -0.39 is 10.0 Å². The summed E-state index contributed by atoms with van der Waals surface area (Å²) in [6.45, 7) is 5.38. The van der Waals surface area contributed by atoms with Gasteiger partial charge in [-0.2, -0.15) is 0 Å². The van der Waals surface area contributed by atoms with Crippen LogP contribution in [0, 0.1) is 13.8 Å². The molecule has 0 unspecified atom stereocenters. The zero-order valence-electron chi connectivity index (χ0n) is 15.2. The van der Waals surface area contributed by atoms with E-state index in [2.05, 4.69) is 4.72 Å². The standard InChI is InChI=1S/C20H24N2O3S/c1-15-9-10-18(13-16(15)2)21-26(24,25)19-8-6-7-17(14-19)20(23)22-11-4-3-5-12-22/h6-10,13-14,21H,3-5,11-12H2,1-2H3. The Labute approximate surface area is 155 Å². The summed E-state index contributed by atoms with van der Waals surface area (Å²) in [6.07, 6.45) is 3.13. The SMILES string of the molecule is Cc1ccc(NS(=O)(=O)c2cccc(C(=O)N3CCCCC3)c2)cc1C. The highest BCUT2D eigenvalue weighted by Gasteiger charge is 2.21. The van der Waals surface area contributed by atoms with E-state index in [0.717, 1.165) is 43.5 Å². The predicted octanol–water partition coefficient (Wildman–Crippen LogP) is 3.73. The number of nitrogens with one attached hydrogen (secondary N) is 1. The molecule has 3 rings (SSSR count). The summed E-state index contributed by atoms with van der Waals surface area (Å²) in [6, 6.07) is 11.7. The zero-order valence-corrected chi connectivity index (χ0v) is 16.0. The molecule has 0 bridgehead atoms. The quantitative estimate of drug-likeness (QED) is 0.889. The van der Waals surface area contributed by atoms with Gasteiger partial charge < -0.3 is 4.90 Å². The lowest BCUT2D eigenvalue weighted by atomic mass is 10.1. The van der Waals surface area contributed by atoms with Gasteiger partial charge in [0.15, 0.2) is 0 Å². The molecule has 1 saturated heterocycles. The maximum atomic E-state index is 12.7. The van der Waals surface area contributed by atoms with Crippen LogP contribution >= 0.6 is 0 Å². The van der Waals surface area contributed by atoms with Crippen LogP contribution in [0.4, 0.5) is 5.69 Å². The van der Waals surface area contributed by atoms with Crippen LogP contribution < -0.4 is 4.72 Å². The molecular formula is C20H24N2O3S. The fourth-order valence-corrected chi connectivity index (χ4v) is 4.19. The highest BCUT2D eigenvalue weighted by molar-refractivity contribution is 7.92. The lowest BCUT2D eigenvalue weighted by Crippen LogP contribution is -2.35. The number of aryl methyl sites for hydroxylation is 2. The second-order valence-electron chi connectivity index (χ2n) is 6.79. The van der Waals surface area contributed by atoms with Crippen LogP contribution in [0.15, 0.2) is 47.4 Å². The van der Waals surface area contributed by atoms with E-state index in [1.807, 2.05) is 19.9 Å². The molecule has 0 aliphatic carbocycles. The minimum Gasteiger partial charge on any atom is -0.339 e. The molecule has 1 amide bonds. The first-order chi connectivity index (χ1) is 12.4. The molecule has 2 aromatic carbocycles. The number of rotatable bonds is 4. The average molecular weight is 372 g/mol. The van der Waals surface area contributed by atoms with E-state index in [-0.39, 0.29) is 10.8 Å². The molecular weight excluding hydrogens is 348 g/mol. The summed E-state index contributed by atoms with van der Waals surface area (Å²) in [4.78, 5) is 14.5. The van der Waals surface area contributed by atoms with Gasteiger partial charge in [0, 0.05) is 24.3 Å². The molecule has 2 aromatic rings. The van der Waals surface area contributed by atoms with Crippen LogP contribution in [0.5, 0.6) is 0 Å². The number of benzene rings is 2. The van der Waals surface area contributed by atoms with Crippen molar-refractivity contribution in [3.8, 4) is 0 Å². The van der Waals surface area contributed by atoms with Gasteiger partial charge in [0.05, 0.1) is 4.90 Å². The number of piperidine rings is 1. The number of carbonyl (C=O) groups is 1. The summed E-state index contributed by atoms with van der Waals surface area (Å²) in [5, 5.41) is 0. The topological polar surface area (TPSA) is 66.5 Å². The monoisotopic (exact) mass is 372 g/mol. The molecule has 6 heteroatoms. The number of nitrogens with zero attached hydrogens (tertiary/aromatic N) is 1. The minimum atomic E-state index is -3.75. The Morgan fingerprint density at radius 1 is 0.962 bits per heavy atom. The zero-order chi connectivity index (χ0) is 18.7. The molecule has 1 N–H and O–H groups in total. The number of amides is 1. The molecule has 0 spiro atoms. The molecule has 1 aliphatic rings. The first kappa shape index (κ1) is 18.5. The van der Waals surface area contributed by atoms with Crippen LogP contribution in [-0.2, 0) is 10.0 Å². The van der Waals surface area contributed by atoms with E-state index in [0.29, 0.717) is 11.3 Å². The molecule has 0 atom stereocenters. The maximum absolute atomic E-state index is 12.7. The Balaban J connectivity index is 1.83. The first-order valence-electron chi connectivity index (χ1n) is 8.86. The first-order valence-corrected chi connectivity index (χ1v) is 10.3. The maximum Gasteiger partial charge on any atom is 0.261 e. The fourth-order valence-electron chi connectivity index (χ4n) is 3.09. The van der Waals surface area contributed by atoms with Gasteiger partial charge >= 0.3 is 0 Å². The third kappa shape index (κ3) is 4.07. The van der Waals surface area contributed by atoms with Gasteiger partial charge in [-0.1, -0.05) is 12.1 Å². The second kappa shape index (κ2) is 7.50. The molecule has 0 saturated carbocycles. The number of sulfonamides is 1. The molecule has 138 valence electrons. The van der Waals surface area contributed by atoms with Crippen LogP contribution in [-0.4, -0.2) is 32.3 Å². The third-order valence-electron chi connectivity index (χ3n) is 4.79. The number of hydrogen-bond donors (Lipinski definition) is 1. The normalized spacial score (nSPS) is 14.9. The minimum absolute atomic E-state index is 0.0959. The van der Waals surface area contributed by atoms with Gasteiger partial charge in [-0.15, -0.1) is 0 Å². The Hall–Kier alpha value is -2.34. The molecule has 1 fully saturated rings. The van der Waals surface area contributed by atoms with Gasteiger partial charge in [-0.05, 0) is 74.6 Å². The number of likely N-dealkylation sites (tertiary alicyclic amines) is 1. The molecule has 26 heavy (non-hydrogen) atoms. The van der Waals surface area contributed by atoms with Gasteiger partial charge in [-0.25, -0.2) is 8.42 Å². The van der Waals surface area contributed by atoms with Crippen molar-refractivity contribution in [1.82, 2.24) is 4.90 Å². The lowest BCUT2D eigenvalue weighted by molar-refractivity contribution is 0.0724. The Morgan fingerprint density at radius 3 is 2.38 bits per heavy atom. The van der Waals surface area contributed by atoms with Crippen molar-refractivity contribution in [2.75, 3.05) is 17.8 Å². The Bertz CT molecular complexity index is 916. The molecule has 5 nitrogen and oxygen atoms in total. The fraction of sp³-hybridized carbons (Fsp3) is 0.350. The number of anilines is 1. The summed E-state index contributed by atoms with van der Waals surface area (Å²) in [7, 11) is -3.75. The van der Waals surface area contributed by atoms with Crippen molar-refractivity contribution in [2.45, 2.75) is 38.0 Å². The summed E-state index contributed by atoms with van der Waals surface area (Å²) in [5.41, 5.74) is 3.04. The highest BCUT2D eigenvalue weighted by Crippen LogP contribution is 2.21. The number of hydrogen-bond acceptors (Lipinski definition) is 3. The van der Waals surface area contributed by atoms with Crippen LogP contribution in [0.25, 0.3) is 0 Å². The summed E-state index contributed by atoms with van der Waals surface area (Å²) in [5.74, 6) is -0.104. The van der Waals surface area contributed by atoms with E-state index in [4.69, 9.17) is 0 Å². The predicted molar refractivity (Wildman–Crippen MR) is 103 cm³/mol. The lowest BCUT2D eigenvalue weighted by Gasteiger charge is -2.26. The third-order valence-corrected chi connectivity index (χ3v) is 6.17. The largest absolute Gasteiger partial charge is 0.339 e. The van der Waals surface area contributed by atoms with Crippen molar-refractivity contribution in [2.24, 2.45) is 0 Å². The van der Waals surface area contributed by atoms with Gasteiger partial charge in [0.1, 0.15) is 0 Å². The van der Waals surface area contributed by atoms with Crippen molar-refractivity contribution in [3.63, 3.8) is 0 Å². The van der Waals surface area contributed by atoms with Crippen molar-refractivity contribution in [3.05, 3.63) is 59.2 Å². The van der Waals surface area contributed by atoms with Crippen molar-refractivity contribution in [1.29, 1.82) is 0 Å². The van der Waals surface area contributed by atoms with E-state index >= 15 is 0 Å². The average Bonchev–Trinajstić information content (AvgIpc) is 2.65. The van der Waals surface area contributed by atoms with Crippen molar-refractivity contribution < 1.29 is 13.2 Å². The van der Waals surface area contributed by atoms with Crippen LogP contribution in [0.3, 0.4) is 0 Å². The van der Waals surface area contributed by atoms with Gasteiger partial charge in [0.25, 0.3) is 15.9 Å². The molecule has 0 aromatic heterocycles. The Morgan fingerprint density at radius 2 is 1.69 bits per heavy atom. The smallest absolute Gasteiger partial charge is 0.261 e. The van der Waals surface area contributed by atoms with Gasteiger partial charge in [0.2, 0.25) is 0 Å². The van der Waals surface area contributed by atoms with Gasteiger partial charge in [-0.3, -0.25) is 9.52 Å². The molecule has 1 heterocycles. The van der Waals surface area contributed by atoms with Crippen molar-refractivity contribution >= 4 is 21.6 Å². The van der Waals surface area contributed by atoms with E-state index in [9.17, 15) is 13.2 Å². The Kier molecular flexibility index (Phi) is 5.32. The molecule has 1 aliphatic heterocycles. The van der Waals surface area contributed by atoms with Crippen LogP contribution in [0.2, 0.25) is 0 Å². The van der Waals surface area contributed by atoms with Crippen LogP contribution in [0.1, 0.15) is 40.7 Å². The highest BCUT2D eigenvalue weighted by atomic mass is 32.2. The number of carbonyl (C=O) groups excluding carboxylic acids is 1. The van der Waals surface area contributed by atoms with E-state index in [1.54, 1.807) is 29.2 Å². The summed E-state index contributed by atoms with van der Waals surface area (Å²) >= 11 is 0. The summed E-state index contributed by atoms with van der Waals surface area (Å²) < 4.78 is 28.0. The molecule has 0 radical (unpaired) electrons. The van der Waals surface area contributed by atoms with E-state index in [1.165, 1.54) is 12.1 Å².